The maximum Gasteiger partial charge on any atom is 0.269 e. The molecule has 0 spiro atoms. The van der Waals surface area contributed by atoms with E-state index in [-0.39, 0.29) is 17.7 Å². The van der Waals surface area contributed by atoms with Gasteiger partial charge in [0, 0.05) is 30.8 Å². The van der Waals surface area contributed by atoms with E-state index in [9.17, 15) is 9.59 Å². The van der Waals surface area contributed by atoms with Gasteiger partial charge >= 0.3 is 0 Å². The van der Waals surface area contributed by atoms with Crippen molar-refractivity contribution in [2.75, 3.05) is 18.0 Å². The van der Waals surface area contributed by atoms with Crippen molar-refractivity contribution in [1.29, 1.82) is 0 Å². The van der Waals surface area contributed by atoms with Crippen LogP contribution in [0.5, 0.6) is 0 Å². The zero-order chi connectivity index (χ0) is 18.5. The van der Waals surface area contributed by atoms with Crippen LogP contribution >= 0.6 is 11.6 Å². The fraction of sp³-hybridized carbons (Fsp3) is 0.316. The Morgan fingerprint density at radius 3 is 2.50 bits per heavy atom. The third kappa shape index (κ3) is 4.32. The number of hydrogen-bond acceptors (Lipinski definition) is 4. The highest BCUT2D eigenvalue weighted by molar-refractivity contribution is 6.30. The van der Waals surface area contributed by atoms with E-state index in [4.69, 9.17) is 11.6 Å². The average Bonchev–Trinajstić information content (AvgIpc) is 2.67. The number of nitrogens with zero attached hydrogens (tertiary/aromatic N) is 2. The minimum atomic E-state index is -0.306. The number of aromatic nitrogens is 1. The first-order valence-corrected chi connectivity index (χ1v) is 8.94. The van der Waals surface area contributed by atoms with E-state index in [0.717, 1.165) is 24.5 Å². The van der Waals surface area contributed by atoms with Crippen LogP contribution in [-0.2, 0) is 4.79 Å². The molecule has 1 aliphatic rings. The van der Waals surface area contributed by atoms with Gasteiger partial charge in [-0.15, -0.1) is 0 Å². The first kappa shape index (κ1) is 18.2. The van der Waals surface area contributed by atoms with Crippen molar-refractivity contribution < 1.29 is 9.59 Å². The van der Waals surface area contributed by atoms with E-state index in [0.29, 0.717) is 23.4 Å². The number of hydrazine groups is 1. The molecule has 1 fully saturated rings. The summed E-state index contributed by atoms with van der Waals surface area (Å²) in [6.07, 6.45) is 3.03. The van der Waals surface area contributed by atoms with Gasteiger partial charge in [0.25, 0.3) is 5.91 Å². The van der Waals surface area contributed by atoms with Crippen LogP contribution in [0.25, 0.3) is 0 Å². The van der Waals surface area contributed by atoms with Crippen LogP contribution in [0.4, 0.5) is 5.82 Å². The summed E-state index contributed by atoms with van der Waals surface area (Å²) in [5, 5.41) is 0.604. The molecule has 1 aromatic carbocycles. The normalized spacial score (nSPS) is 14.8. The number of aryl methyl sites for hydroxylation is 1. The highest BCUT2D eigenvalue weighted by Gasteiger charge is 2.26. The molecular weight excluding hydrogens is 352 g/mol. The summed E-state index contributed by atoms with van der Waals surface area (Å²) in [7, 11) is 0. The Morgan fingerprint density at radius 2 is 1.85 bits per heavy atom. The number of halogens is 1. The van der Waals surface area contributed by atoms with E-state index in [1.54, 1.807) is 18.3 Å². The zero-order valence-electron chi connectivity index (χ0n) is 14.5. The van der Waals surface area contributed by atoms with Gasteiger partial charge in [-0.25, -0.2) is 4.98 Å². The third-order valence-corrected chi connectivity index (χ3v) is 4.81. The van der Waals surface area contributed by atoms with Gasteiger partial charge in [-0.3, -0.25) is 20.4 Å². The van der Waals surface area contributed by atoms with E-state index < -0.39 is 0 Å². The number of carbonyl (C=O) groups excluding carboxylic acids is 2. The van der Waals surface area contributed by atoms with Gasteiger partial charge in [-0.1, -0.05) is 29.8 Å². The number of benzene rings is 1. The molecule has 1 aromatic heterocycles. The van der Waals surface area contributed by atoms with Gasteiger partial charge in [0.2, 0.25) is 5.91 Å². The van der Waals surface area contributed by atoms with Crippen molar-refractivity contribution in [3.05, 3.63) is 58.7 Å². The molecule has 0 radical (unpaired) electrons. The molecule has 0 aliphatic carbocycles. The zero-order valence-corrected chi connectivity index (χ0v) is 15.3. The highest BCUT2D eigenvalue weighted by Crippen LogP contribution is 2.22. The number of nitrogens with one attached hydrogen (secondary N) is 2. The predicted molar refractivity (Wildman–Crippen MR) is 101 cm³/mol. The monoisotopic (exact) mass is 372 g/mol. The minimum Gasteiger partial charge on any atom is -0.357 e. The van der Waals surface area contributed by atoms with Gasteiger partial charge < -0.3 is 4.90 Å². The van der Waals surface area contributed by atoms with Gasteiger partial charge in [0.1, 0.15) is 5.82 Å². The smallest absolute Gasteiger partial charge is 0.269 e. The van der Waals surface area contributed by atoms with E-state index >= 15 is 0 Å². The molecule has 1 aliphatic heterocycles. The van der Waals surface area contributed by atoms with Crippen molar-refractivity contribution in [1.82, 2.24) is 15.8 Å². The quantitative estimate of drug-likeness (QED) is 0.812. The molecule has 6 nitrogen and oxygen atoms in total. The van der Waals surface area contributed by atoms with Crippen molar-refractivity contribution in [2.45, 2.75) is 19.8 Å². The van der Waals surface area contributed by atoms with Crippen molar-refractivity contribution in [3.8, 4) is 0 Å². The average molecular weight is 373 g/mol. The van der Waals surface area contributed by atoms with E-state index in [1.165, 1.54) is 0 Å². The standard InChI is InChI=1S/C19H21ClN4O2/c1-13-4-2-3-5-16(13)19(26)23-22-18(25)14-8-10-24(11-9-14)17-7-6-15(20)12-21-17/h2-7,12,14H,8-11H2,1H3,(H,22,25)(H,23,26). The SMILES string of the molecule is Cc1ccccc1C(=O)NNC(=O)C1CCN(c2ccc(Cl)cn2)CC1. The molecule has 7 heteroatoms. The number of pyridine rings is 1. The Balaban J connectivity index is 1.48. The second kappa shape index (κ2) is 8.19. The Kier molecular flexibility index (Phi) is 5.73. The molecule has 26 heavy (non-hydrogen) atoms. The second-order valence-corrected chi connectivity index (χ2v) is 6.79. The molecule has 1 saturated heterocycles. The largest absolute Gasteiger partial charge is 0.357 e. The summed E-state index contributed by atoms with van der Waals surface area (Å²) in [6, 6.07) is 10.9. The minimum absolute atomic E-state index is 0.129. The predicted octanol–water partition coefficient (Wildman–Crippen LogP) is 2.72. The van der Waals surface area contributed by atoms with Gasteiger partial charge in [0.05, 0.1) is 5.02 Å². The van der Waals surface area contributed by atoms with Crippen molar-refractivity contribution >= 4 is 29.2 Å². The third-order valence-electron chi connectivity index (χ3n) is 4.59. The van der Waals surface area contributed by atoms with E-state index in [1.807, 2.05) is 31.2 Å². The Labute approximate surface area is 157 Å². The first-order valence-electron chi connectivity index (χ1n) is 8.57. The molecule has 0 atom stereocenters. The van der Waals surface area contributed by atoms with Crippen LogP contribution in [-0.4, -0.2) is 29.9 Å². The summed E-state index contributed by atoms with van der Waals surface area (Å²) < 4.78 is 0. The molecule has 2 heterocycles. The van der Waals surface area contributed by atoms with E-state index in [2.05, 4.69) is 20.7 Å². The van der Waals surface area contributed by atoms with Gasteiger partial charge in [0.15, 0.2) is 0 Å². The summed E-state index contributed by atoms with van der Waals surface area (Å²) in [4.78, 5) is 30.9. The lowest BCUT2D eigenvalue weighted by molar-refractivity contribution is -0.126. The van der Waals surface area contributed by atoms with Crippen LogP contribution in [0.3, 0.4) is 0 Å². The Bertz CT molecular complexity index is 786. The first-order chi connectivity index (χ1) is 12.5. The van der Waals surface area contributed by atoms with Crippen LogP contribution in [0, 0.1) is 12.8 Å². The Hall–Kier alpha value is -2.60. The topological polar surface area (TPSA) is 74.3 Å². The molecule has 0 saturated carbocycles. The number of piperidine rings is 1. The number of anilines is 1. The highest BCUT2D eigenvalue weighted by atomic mass is 35.5. The summed E-state index contributed by atoms with van der Waals surface area (Å²) in [5.41, 5.74) is 6.47. The van der Waals surface area contributed by atoms with Crippen LogP contribution < -0.4 is 15.8 Å². The fourth-order valence-corrected chi connectivity index (χ4v) is 3.15. The number of amides is 2. The van der Waals surface area contributed by atoms with Crippen LogP contribution in [0.2, 0.25) is 5.02 Å². The molecule has 0 unspecified atom stereocenters. The molecular formula is C19H21ClN4O2. The summed E-state index contributed by atoms with van der Waals surface area (Å²) in [6.45, 7) is 3.33. The maximum atomic E-state index is 12.3. The van der Waals surface area contributed by atoms with Crippen molar-refractivity contribution in [3.63, 3.8) is 0 Å². The number of rotatable bonds is 3. The lowest BCUT2D eigenvalue weighted by Gasteiger charge is -2.32. The Morgan fingerprint density at radius 1 is 1.12 bits per heavy atom. The molecule has 2 N–H and O–H groups in total. The molecule has 0 bridgehead atoms. The van der Waals surface area contributed by atoms with Gasteiger partial charge in [-0.05, 0) is 43.5 Å². The van der Waals surface area contributed by atoms with Crippen LogP contribution in [0.15, 0.2) is 42.6 Å². The maximum absolute atomic E-state index is 12.3. The molecule has 3 rings (SSSR count). The van der Waals surface area contributed by atoms with Gasteiger partial charge in [-0.2, -0.15) is 0 Å². The lowest BCUT2D eigenvalue weighted by atomic mass is 9.96. The molecule has 2 amide bonds. The van der Waals surface area contributed by atoms with Crippen molar-refractivity contribution in [2.24, 2.45) is 5.92 Å². The van der Waals surface area contributed by atoms with Crippen LogP contribution in [0.1, 0.15) is 28.8 Å². The molecule has 2 aromatic rings. The summed E-state index contributed by atoms with van der Waals surface area (Å²) >= 11 is 5.86. The lowest BCUT2D eigenvalue weighted by Crippen LogP contribution is -2.47. The fourth-order valence-electron chi connectivity index (χ4n) is 3.04. The number of carbonyl (C=O) groups is 2. The summed E-state index contributed by atoms with van der Waals surface area (Å²) in [5.74, 6) is 0.270. The second-order valence-electron chi connectivity index (χ2n) is 6.35. The molecule has 136 valence electrons. The number of hydrogen-bond donors (Lipinski definition) is 2.